The van der Waals surface area contributed by atoms with Crippen molar-refractivity contribution in [2.45, 2.75) is 41.8 Å². The summed E-state index contributed by atoms with van der Waals surface area (Å²) >= 11 is 1.12. The lowest BCUT2D eigenvalue weighted by Gasteiger charge is -2.49. The van der Waals surface area contributed by atoms with Crippen LogP contribution in [0.15, 0.2) is 44.9 Å². The van der Waals surface area contributed by atoms with Gasteiger partial charge in [-0.25, -0.2) is 9.37 Å². The molecule has 3 fully saturated rings. The molecule has 3 aliphatic rings. The molecule has 1 aromatic carbocycles. The molecule has 0 radical (unpaired) electrons. The third-order valence-corrected chi connectivity index (χ3v) is 6.14. The number of fused-ring (bicyclic) bond motifs is 3. The Hall–Kier alpha value is -1.86. The number of aromatic nitrogens is 1. The van der Waals surface area contributed by atoms with Crippen molar-refractivity contribution in [3.8, 4) is 0 Å². The molecule has 1 aromatic heterocycles. The Balaban J connectivity index is 1.43. The zero-order chi connectivity index (χ0) is 17.4. The van der Waals surface area contributed by atoms with E-state index in [2.05, 4.69) is 22.1 Å². The molecule has 3 aliphatic heterocycles. The second-order valence-corrected chi connectivity index (χ2v) is 7.68. The number of hydrogen-bond donors (Lipinski definition) is 1. The van der Waals surface area contributed by atoms with Crippen LogP contribution < -0.4 is 5.32 Å². The van der Waals surface area contributed by atoms with Gasteiger partial charge in [0.1, 0.15) is 5.82 Å². The summed E-state index contributed by atoms with van der Waals surface area (Å²) in [7, 11) is 0. The Morgan fingerprint density at radius 1 is 1.36 bits per heavy atom. The molecule has 1 N–H and O–H groups in total. The summed E-state index contributed by atoms with van der Waals surface area (Å²) in [5.41, 5.74) is 0. The summed E-state index contributed by atoms with van der Waals surface area (Å²) < 4.78 is 19.2. The number of carbonyl (C=O) groups excluding carboxylic acids is 1. The number of amides is 1. The van der Waals surface area contributed by atoms with Crippen LogP contribution in [0.4, 0.5) is 4.39 Å². The van der Waals surface area contributed by atoms with Crippen LogP contribution in [0.2, 0.25) is 0 Å². The van der Waals surface area contributed by atoms with Crippen LogP contribution in [-0.4, -0.2) is 41.0 Å². The molecule has 5 nitrogen and oxygen atoms in total. The van der Waals surface area contributed by atoms with Crippen LogP contribution >= 0.6 is 11.8 Å². The Morgan fingerprint density at radius 2 is 2.12 bits per heavy atom. The standard InChI is InChI=1S/C18H20FN3O2S/c1-11-16(12-6-8-22(11)9-7-12)21-17(23)18-20-10-15(24-18)25-14-5-3-2-4-13(14)19/h2-5,10-12,16H,6-9H2,1H3,(H,21,23). The number of halogens is 1. The molecule has 5 rings (SSSR count). The van der Waals surface area contributed by atoms with Crippen molar-refractivity contribution < 1.29 is 13.6 Å². The minimum absolute atomic E-state index is 0.0301. The average Bonchev–Trinajstić information content (AvgIpc) is 3.09. The lowest BCUT2D eigenvalue weighted by Crippen LogP contribution is -2.62. The molecule has 4 heterocycles. The SMILES string of the molecule is CC1C(NC(=O)c2ncc(Sc3ccccc3F)o2)C2CCN1CC2. The first-order chi connectivity index (χ1) is 12.1. The van der Waals surface area contributed by atoms with Crippen molar-refractivity contribution in [1.29, 1.82) is 0 Å². The Bertz CT molecular complexity index is 771. The highest BCUT2D eigenvalue weighted by Gasteiger charge is 2.40. The van der Waals surface area contributed by atoms with Gasteiger partial charge in [-0.15, -0.1) is 0 Å². The molecule has 1 amide bonds. The van der Waals surface area contributed by atoms with E-state index in [1.165, 1.54) is 12.3 Å². The molecule has 2 atom stereocenters. The second-order valence-electron chi connectivity index (χ2n) is 6.63. The summed E-state index contributed by atoms with van der Waals surface area (Å²) in [6, 6.07) is 6.90. The average molecular weight is 361 g/mol. The highest BCUT2D eigenvalue weighted by Crippen LogP contribution is 2.33. The molecule has 3 saturated heterocycles. The minimum atomic E-state index is -0.323. The van der Waals surface area contributed by atoms with Crippen molar-refractivity contribution >= 4 is 17.7 Å². The number of benzene rings is 1. The van der Waals surface area contributed by atoms with Gasteiger partial charge in [0.15, 0.2) is 5.09 Å². The van der Waals surface area contributed by atoms with Gasteiger partial charge in [-0.2, -0.15) is 0 Å². The molecule has 132 valence electrons. The highest BCUT2D eigenvalue weighted by molar-refractivity contribution is 7.99. The number of piperidine rings is 3. The number of nitrogens with one attached hydrogen (secondary N) is 1. The topological polar surface area (TPSA) is 58.4 Å². The van der Waals surface area contributed by atoms with Crippen LogP contribution in [-0.2, 0) is 0 Å². The van der Waals surface area contributed by atoms with Crippen LogP contribution in [0.1, 0.15) is 30.5 Å². The summed E-state index contributed by atoms with van der Waals surface area (Å²) in [5, 5.41) is 3.48. The summed E-state index contributed by atoms with van der Waals surface area (Å²) in [6.45, 7) is 4.38. The first kappa shape index (κ1) is 16.6. The van der Waals surface area contributed by atoms with Gasteiger partial charge in [-0.05, 0) is 62.7 Å². The van der Waals surface area contributed by atoms with Crippen molar-refractivity contribution in [1.82, 2.24) is 15.2 Å². The van der Waals surface area contributed by atoms with Crippen LogP contribution in [0, 0.1) is 11.7 Å². The maximum Gasteiger partial charge on any atom is 0.307 e. The Morgan fingerprint density at radius 3 is 2.84 bits per heavy atom. The molecule has 0 saturated carbocycles. The van der Waals surface area contributed by atoms with Crippen molar-refractivity contribution in [2.75, 3.05) is 13.1 Å². The molecule has 25 heavy (non-hydrogen) atoms. The summed E-state index contributed by atoms with van der Waals surface area (Å²) in [6.07, 6.45) is 3.70. The molecular formula is C18H20FN3O2S. The number of hydrogen-bond acceptors (Lipinski definition) is 5. The van der Waals surface area contributed by atoms with E-state index >= 15 is 0 Å². The van der Waals surface area contributed by atoms with Gasteiger partial charge in [0.05, 0.1) is 11.1 Å². The highest BCUT2D eigenvalue weighted by atomic mass is 32.2. The van der Waals surface area contributed by atoms with E-state index in [0.717, 1.165) is 37.7 Å². The molecule has 2 bridgehead atoms. The molecule has 0 spiro atoms. The van der Waals surface area contributed by atoms with Crippen molar-refractivity contribution in [2.24, 2.45) is 5.92 Å². The van der Waals surface area contributed by atoms with Crippen molar-refractivity contribution in [3.63, 3.8) is 0 Å². The van der Waals surface area contributed by atoms with E-state index in [1.54, 1.807) is 18.2 Å². The molecule has 0 aliphatic carbocycles. The quantitative estimate of drug-likeness (QED) is 0.906. The first-order valence-corrected chi connectivity index (χ1v) is 9.36. The Labute approximate surface area is 150 Å². The van der Waals surface area contributed by atoms with E-state index < -0.39 is 0 Å². The number of oxazole rings is 1. The van der Waals surface area contributed by atoms with Gasteiger partial charge < -0.3 is 9.73 Å². The van der Waals surface area contributed by atoms with Gasteiger partial charge in [-0.1, -0.05) is 12.1 Å². The third kappa shape index (κ3) is 3.30. The van der Waals surface area contributed by atoms with Gasteiger partial charge in [0.2, 0.25) is 0 Å². The van der Waals surface area contributed by atoms with E-state index in [4.69, 9.17) is 4.42 Å². The number of carbonyl (C=O) groups is 1. The van der Waals surface area contributed by atoms with Gasteiger partial charge in [0.25, 0.3) is 5.89 Å². The fourth-order valence-electron chi connectivity index (χ4n) is 3.81. The number of nitrogens with zero attached hydrogens (tertiary/aromatic N) is 2. The smallest absolute Gasteiger partial charge is 0.307 e. The van der Waals surface area contributed by atoms with E-state index in [-0.39, 0.29) is 23.7 Å². The Kier molecular flexibility index (Phi) is 4.52. The molecular weight excluding hydrogens is 341 g/mol. The van der Waals surface area contributed by atoms with Gasteiger partial charge >= 0.3 is 5.91 Å². The largest absolute Gasteiger partial charge is 0.425 e. The monoisotopic (exact) mass is 361 g/mol. The van der Waals surface area contributed by atoms with Gasteiger partial charge in [0, 0.05) is 12.1 Å². The zero-order valence-corrected chi connectivity index (χ0v) is 14.8. The maximum atomic E-state index is 13.7. The third-order valence-electron chi connectivity index (χ3n) is 5.20. The minimum Gasteiger partial charge on any atom is -0.425 e. The van der Waals surface area contributed by atoms with Crippen LogP contribution in [0.5, 0.6) is 0 Å². The van der Waals surface area contributed by atoms with Crippen LogP contribution in [0.25, 0.3) is 0 Å². The summed E-state index contributed by atoms with van der Waals surface area (Å²) in [5.74, 6) is -0.0735. The number of rotatable bonds is 4. The van der Waals surface area contributed by atoms with E-state index in [1.807, 2.05) is 0 Å². The van der Waals surface area contributed by atoms with Crippen molar-refractivity contribution in [3.05, 3.63) is 42.2 Å². The normalized spacial score (nSPS) is 28.1. The first-order valence-electron chi connectivity index (χ1n) is 8.55. The fourth-order valence-corrected chi connectivity index (χ4v) is 4.56. The second kappa shape index (κ2) is 6.80. The van der Waals surface area contributed by atoms with E-state index in [9.17, 15) is 9.18 Å². The molecule has 2 unspecified atom stereocenters. The lowest BCUT2D eigenvalue weighted by molar-refractivity contribution is 0.0209. The van der Waals surface area contributed by atoms with E-state index in [0.29, 0.717) is 21.9 Å². The van der Waals surface area contributed by atoms with Gasteiger partial charge in [-0.3, -0.25) is 9.69 Å². The predicted molar refractivity (Wildman–Crippen MR) is 92.0 cm³/mol. The maximum absolute atomic E-state index is 13.7. The molecule has 7 heteroatoms. The predicted octanol–water partition coefficient (Wildman–Crippen LogP) is 3.18. The zero-order valence-electron chi connectivity index (χ0n) is 13.9. The lowest BCUT2D eigenvalue weighted by atomic mass is 9.79. The summed E-state index contributed by atoms with van der Waals surface area (Å²) in [4.78, 5) is 19.4. The fraction of sp³-hybridized carbons (Fsp3) is 0.444. The van der Waals surface area contributed by atoms with Crippen LogP contribution in [0.3, 0.4) is 0 Å². The molecule has 2 aromatic rings.